The number of amides is 2. The maximum Gasteiger partial charge on any atom is 0.238 e. The fourth-order valence-electron chi connectivity index (χ4n) is 1.78. The molecule has 0 aliphatic rings. The van der Waals surface area contributed by atoms with Gasteiger partial charge in [-0.05, 0) is 38.1 Å². The van der Waals surface area contributed by atoms with Gasteiger partial charge in [-0.15, -0.1) is 0 Å². The number of carbonyl (C=O) groups is 2. The van der Waals surface area contributed by atoms with Gasteiger partial charge in [0.25, 0.3) is 0 Å². The molecule has 1 aromatic carbocycles. The van der Waals surface area contributed by atoms with E-state index in [0.717, 1.165) is 12.0 Å². The predicted octanol–water partition coefficient (Wildman–Crippen LogP) is 2.04. The Morgan fingerprint density at radius 3 is 2.52 bits per heavy atom. The Bertz CT molecular complexity index is 506. The van der Waals surface area contributed by atoms with Crippen LogP contribution in [0.5, 0.6) is 0 Å². The lowest BCUT2D eigenvalue weighted by atomic mass is 10.2. The van der Waals surface area contributed by atoms with Crippen molar-refractivity contribution in [2.45, 2.75) is 20.3 Å². The number of likely N-dealkylation sites (N-methyl/N-ethyl adjacent to an activating group) is 1. The van der Waals surface area contributed by atoms with E-state index in [1.54, 1.807) is 24.1 Å². The van der Waals surface area contributed by atoms with Crippen molar-refractivity contribution in [3.63, 3.8) is 0 Å². The van der Waals surface area contributed by atoms with Crippen molar-refractivity contribution in [3.05, 3.63) is 28.8 Å². The lowest BCUT2D eigenvalue weighted by Gasteiger charge is -2.16. The quantitative estimate of drug-likeness (QED) is 0.810. The van der Waals surface area contributed by atoms with Crippen LogP contribution in [0.3, 0.4) is 0 Å². The standard InChI is InChI=1S/C15H22ClN3O2/c1-4-7-17-14(20)9-19(3)10-15(21)18-13-6-5-11(2)8-12(13)16/h5-6,8H,4,7,9-10H2,1-3H3,(H,17,20)(H,18,21). The lowest BCUT2D eigenvalue weighted by Crippen LogP contribution is -2.39. The van der Waals surface area contributed by atoms with Crippen molar-refractivity contribution in [2.24, 2.45) is 0 Å². The average molecular weight is 312 g/mol. The minimum absolute atomic E-state index is 0.0829. The fraction of sp³-hybridized carbons (Fsp3) is 0.467. The molecule has 0 fully saturated rings. The van der Waals surface area contributed by atoms with E-state index in [0.29, 0.717) is 17.3 Å². The number of halogens is 1. The normalized spacial score (nSPS) is 10.5. The second kappa shape index (κ2) is 8.64. The molecule has 0 aromatic heterocycles. The summed E-state index contributed by atoms with van der Waals surface area (Å²) >= 11 is 6.06. The molecule has 1 aromatic rings. The highest BCUT2D eigenvalue weighted by atomic mass is 35.5. The zero-order chi connectivity index (χ0) is 15.8. The molecule has 0 aliphatic heterocycles. The number of hydrogen-bond donors (Lipinski definition) is 2. The van der Waals surface area contributed by atoms with Crippen molar-refractivity contribution in [2.75, 3.05) is 32.0 Å². The number of benzene rings is 1. The fourth-order valence-corrected chi connectivity index (χ4v) is 2.06. The molecule has 0 unspecified atom stereocenters. The van der Waals surface area contributed by atoms with Gasteiger partial charge in [0.05, 0.1) is 23.8 Å². The highest BCUT2D eigenvalue weighted by Gasteiger charge is 2.11. The number of nitrogens with one attached hydrogen (secondary N) is 2. The molecule has 2 N–H and O–H groups in total. The molecular formula is C15H22ClN3O2. The summed E-state index contributed by atoms with van der Waals surface area (Å²) < 4.78 is 0. The van der Waals surface area contributed by atoms with Crippen LogP contribution in [0.2, 0.25) is 5.02 Å². The monoisotopic (exact) mass is 311 g/mol. The summed E-state index contributed by atoms with van der Waals surface area (Å²) in [5.41, 5.74) is 1.61. The first-order valence-electron chi connectivity index (χ1n) is 6.93. The maximum absolute atomic E-state index is 11.9. The largest absolute Gasteiger partial charge is 0.355 e. The first-order chi connectivity index (χ1) is 9.92. The lowest BCUT2D eigenvalue weighted by molar-refractivity contribution is -0.122. The molecule has 6 heteroatoms. The molecule has 0 spiro atoms. The van der Waals surface area contributed by atoms with E-state index < -0.39 is 0 Å². The van der Waals surface area contributed by atoms with E-state index in [4.69, 9.17) is 11.6 Å². The van der Waals surface area contributed by atoms with Crippen LogP contribution in [0.15, 0.2) is 18.2 Å². The van der Waals surface area contributed by atoms with Crippen LogP contribution in [0.4, 0.5) is 5.69 Å². The summed E-state index contributed by atoms with van der Waals surface area (Å²) in [5.74, 6) is -0.285. The van der Waals surface area contributed by atoms with Gasteiger partial charge in [-0.25, -0.2) is 0 Å². The molecule has 0 saturated carbocycles. The molecule has 0 bridgehead atoms. The van der Waals surface area contributed by atoms with Gasteiger partial charge >= 0.3 is 0 Å². The van der Waals surface area contributed by atoms with Crippen LogP contribution in [0, 0.1) is 6.92 Å². The van der Waals surface area contributed by atoms with Gasteiger partial charge in [0, 0.05) is 6.54 Å². The third kappa shape index (κ3) is 6.60. The van der Waals surface area contributed by atoms with Gasteiger partial charge < -0.3 is 10.6 Å². The molecule has 0 aliphatic carbocycles. The molecule has 0 heterocycles. The molecule has 0 radical (unpaired) electrons. The number of nitrogens with zero attached hydrogens (tertiary/aromatic N) is 1. The number of hydrogen-bond acceptors (Lipinski definition) is 3. The molecule has 116 valence electrons. The number of aryl methyl sites for hydroxylation is 1. The van der Waals surface area contributed by atoms with E-state index in [1.165, 1.54) is 0 Å². The molecular weight excluding hydrogens is 290 g/mol. The minimum atomic E-state index is -0.202. The molecule has 1 rings (SSSR count). The molecule has 0 saturated heterocycles. The second-order valence-corrected chi connectivity index (χ2v) is 5.46. The maximum atomic E-state index is 11.9. The molecule has 5 nitrogen and oxygen atoms in total. The Morgan fingerprint density at radius 1 is 1.24 bits per heavy atom. The third-order valence-electron chi connectivity index (χ3n) is 2.80. The summed E-state index contributed by atoms with van der Waals surface area (Å²) in [5, 5.41) is 6.01. The van der Waals surface area contributed by atoms with Crippen molar-refractivity contribution in [1.82, 2.24) is 10.2 Å². The van der Waals surface area contributed by atoms with E-state index in [-0.39, 0.29) is 24.9 Å². The molecule has 2 amide bonds. The van der Waals surface area contributed by atoms with Crippen LogP contribution >= 0.6 is 11.6 Å². The number of anilines is 1. The van der Waals surface area contributed by atoms with Crippen LogP contribution < -0.4 is 10.6 Å². The molecule has 21 heavy (non-hydrogen) atoms. The van der Waals surface area contributed by atoms with Gasteiger partial charge in [0.2, 0.25) is 11.8 Å². The summed E-state index contributed by atoms with van der Waals surface area (Å²) in [6.07, 6.45) is 0.891. The Kier molecular flexibility index (Phi) is 7.19. The summed E-state index contributed by atoms with van der Waals surface area (Å²) in [6, 6.07) is 5.44. The number of rotatable bonds is 7. The SMILES string of the molecule is CCCNC(=O)CN(C)CC(=O)Nc1ccc(C)cc1Cl. The Balaban J connectivity index is 2.44. The Hall–Kier alpha value is -1.59. The minimum Gasteiger partial charge on any atom is -0.355 e. The van der Waals surface area contributed by atoms with E-state index in [9.17, 15) is 9.59 Å². The van der Waals surface area contributed by atoms with Crippen molar-refractivity contribution < 1.29 is 9.59 Å². The topological polar surface area (TPSA) is 61.4 Å². The number of carbonyl (C=O) groups excluding carboxylic acids is 2. The summed E-state index contributed by atoms with van der Waals surface area (Å²) in [7, 11) is 1.72. The van der Waals surface area contributed by atoms with Crippen LogP contribution in [0.1, 0.15) is 18.9 Å². The van der Waals surface area contributed by atoms with Crippen molar-refractivity contribution in [3.8, 4) is 0 Å². The third-order valence-corrected chi connectivity index (χ3v) is 3.11. The molecule has 0 atom stereocenters. The Morgan fingerprint density at radius 2 is 1.90 bits per heavy atom. The highest BCUT2D eigenvalue weighted by Crippen LogP contribution is 2.22. The first-order valence-corrected chi connectivity index (χ1v) is 7.31. The van der Waals surface area contributed by atoms with Crippen LogP contribution in [-0.4, -0.2) is 43.4 Å². The van der Waals surface area contributed by atoms with Gasteiger partial charge in [0.1, 0.15) is 0 Å². The van der Waals surface area contributed by atoms with Crippen molar-refractivity contribution >= 4 is 29.1 Å². The average Bonchev–Trinajstić information content (AvgIpc) is 2.39. The van der Waals surface area contributed by atoms with Gasteiger partial charge in [-0.3, -0.25) is 14.5 Å². The zero-order valence-corrected chi connectivity index (χ0v) is 13.5. The highest BCUT2D eigenvalue weighted by molar-refractivity contribution is 6.33. The van der Waals surface area contributed by atoms with Crippen LogP contribution in [0.25, 0.3) is 0 Å². The van der Waals surface area contributed by atoms with Gasteiger partial charge in [-0.1, -0.05) is 24.6 Å². The van der Waals surface area contributed by atoms with E-state index in [1.807, 2.05) is 19.9 Å². The van der Waals surface area contributed by atoms with Crippen LogP contribution in [-0.2, 0) is 9.59 Å². The van der Waals surface area contributed by atoms with E-state index >= 15 is 0 Å². The smallest absolute Gasteiger partial charge is 0.238 e. The summed E-state index contributed by atoms with van der Waals surface area (Å²) in [4.78, 5) is 25.1. The van der Waals surface area contributed by atoms with Gasteiger partial charge in [0.15, 0.2) is 0 Å². The zero-order valence-electron chi connectivity index (χ0n) is 12.7. The van der Waals surface area contributed by atoms with Gasteiger partial charge in [-0.2, -0.15) is 0 Å². The van der Waals surface area contributed by atoms with Crippen molar-refractivity contribution in [1.29, 1.82) is 0 Å². The summed E-state index contributed by atoms with van der Waals surface area (Å²) in [6.45, 7) is 4.89. The Labute approximate surface area is 130 Å². The predicted molar refractivity (Wildman–Crippen MR) is 85.6 cm³/mol. The second-order valence-electron chi connectivity index (χ2n) is 5.05. The van der Waals surface area contributed by atoms with E-state index in [2.05, 4.69) is 10.6 Å². The first kappa shape index (κ1) is 17.5.